The third-order valence-electron chi connectivity index (χ3n) is 17.9. The van der Waals surface area contributed by atoms with Crippen LogP contribution in [0, 0.1) is 79.9 Å². The van der Waals surface area contributed by atoms with Gasteiger partial charge in [0.2, 0.25) is 0 Å². The molecular formula is C95H72N8O9S4. The van der Waals surface area contributed by atoms with Crippen LogP contribution in [0.4, 0.5) is 0 Å². The molecule has 0 radical (unpaired) electrons. The molecule has 0 N–H and O–H groups in total. The van der Waals surface area contributed by atoms with Crippen LogP contribution in [-0.4, -0.2) is 49.3 Å². The highest BCUT2D eigenvalue weighted by Crippen LogP contribution is 2.47. The van der Waals surface area contributed by atoms with Gasteiger partial charge in [0.15, 0.2) is 0 Å². The minimum atomic E-state index is 0. The maximum Gasteiger partial charge on any atom is 0.373 e. The van der Waals surface area contributed by atoms with Crippen molar-refractivity contribution in [1.82, 2.24) is 17.6 Å². The van der Waals surface area contributed by atoms with Gasteiger partial charge in [-0.05, 0) is 194 Å². The molecule has 16 aromatic rings. The van der Waals surface area contributed by atoms with E-state index in [-0.39, 0.29) is 32.0 Å². The third kappa shape index (κ3) is 20.6. The van der Waals surface area contributed by atoms with Gasteiger partial charge >= 0.3 is 24.6 Å². The van der Waals surface area contributed by atoms with E-state index < -0.39 is 0 Å². The second kappa shape index (κ2) is 43.5. The third-order valence-corrected chi connectivity index (χ3v) is 22.2. The number of hydrogen-bond acceptors (Lipinski definition) is 17. The summed E-state index contributed by atoms with van der Waals surface area (Å²) >= 11 is 6.80. The van der Waals surface area contributed by atoms with Gasteiger partial charge in [0.25, 0.3) is 0 Å². The number of ether oxygens (including phenoxy) is 1. The highest BCUT2D eigenvalue weighted by molar-refractivity contribution is 7.17. The fraction of sp³-hybridized carbons (Fsp3) is 0.0737. The molecule has 0 bridgehead atoms. The van der Waals surface area contributed by atoms with Gasteiger partial charge in [0.05, 0.1) is 79.2 Å². The number of aryl methyl sites for hydroxylation is 5. The number of rotatable bonds is 13. The molecule has 21 heteroatoms. The van der Waals surface area contributed by atoms with Crippen LogP contribution < -0.4 is 4.74 Å². The predicted octanol–water partition coefficient (Wildman–Crippen LogP) is 23.3. The summed E-state index contributed by atoms with van der Waals surface area (Å²) in [5, 5.41) is 35.1. The van der Waals surface area contributed by atoms with Crippen LogP contribution in [0.15, 0.2) is 280 Å². The van der Waals surface area contributed by atoms with Crippen molar-refractivity contribution in [3.63, 3.8) is 0 Å². The number of fused-ring (bicyclic) bond motifs is 4. The van der Waals surface area contributed by atoms with Gasteiger partial charge in [-0.2, -0.15) is 59.4 Å². The van der Waals surface area contributed by atoms with Gasteiger partial charge in [-0.25, -0.2) is 0 Å². The van der Waals surface area contributed by atoms with Crippen molar-refractivity contribution < 1.29 is 43.1 Å². The van der Waals surface area contributed by atoms with E-state index >= 15 is 0 Å². The summed E-state index contributed by atoms with van der Waals surface area (Å²) in [5.41, 5.74) is 25.8. The van der Waals surface area contributed by atoms with E-state index in [4.69, 9.17) is 64.1 Å². The zero-order valence-corrected chi connectivity index (χ0v) is 66.0. The highest BCUT2D eigenvalue weighted by Gasteiger charge is 2.24. The smallest absolute Gasteiger partial charge is 0.373 e. The average molecular weight is 1600 g/mol. The van der Waals surface area contributed by atoms with Crippen LogP contribution >= 0.6 is 45.3 Å². The number of nitrogens with zero attached hydrogens (tertiary/aromatic N) is 8. The van der Waals surface area contributed by atoms with E-state index in [1.807, 2.05) is 48.6 Å². The summed E-state index contributed by atoms with van der Waals surface area (Å²) in [6.07, 6.45) is 22.9. The van der Waals surface area contributed by atoms with Gasteiger partial charge in [-0.1, -0.05) is 146 Å². The summed E-state index contributed by atoms with van der Waals surface area (Å²) in [6.45, 7) is 10.8. The lowest BCUT2D eigenvalue weighted by atomic mass is 10.00. The lowest BCUT2D eigenvalue weighted by molar-refractivity contribution is -0.193. The SMILES string of the molecule is C.COc1ccn2c(-c3ccc(/C=C\C#N)s3)c(-c3ccccc3)c(C)c2c1.Cc1c(-c2ccccc2)c(-c2ccc(/C=C\C#N)s2)n2ccccc12.Cc1c(-c2ccccc2)c(-c2ccc(/C=C\C#N)s2)n2ccccc12.Cc1ccc(-c2c(C)c3ccccn3c2-c2ccc(/C=C\C#N)s2)cc1.O=C=O.O=C=O.O=C=O.O=C=O. The molecule has 0 fully saturated rings. The standard InChI is InChI=1S/C23H18N2OS.C23H18N2S.2C22H16N2S.4CO2.CH4/c1-16-20-15-18(26-2)12-14-25(20)23(22(16)17-7-4-3-5-8-17)21-11-10-19(27-21)9-6-13-24;1-16-8-10-18(11-9-16)22-17(2)20-7-3-4-15-25(20)23(22)21-13-12-19(26-21)6-5-14-24;2*1-16-19-11-5-6-15-24(19)22(21(16)17-8-3-2-4-9-17)20-13-12-18(25-20)10-7-14-23;4*2-1-3;/h3-12,14-15H,1-2H3;3-13,15H,1-2H3;2*2-13,15H,1H3;;;;;1H4/b9-6-;6-5-;2*10-7-;;;;;. The summed E-state index contributed by atoms with van der Waals surface area (Å²) in [5.74, 6) is 0.845. The average Bonchev–Trinajstić information content (AvgIpc) is 1.62. The number of methoxy groups -OCH3 is 1. The number of pyridine rings is 4. The Labute approximate surface area is 686 Å². The molecule has 0 amide bonds. The molecular weight excluding hydrogens is 1530 g/mol. The number of thiophene rings is 4. The molecule has 0 aliphatic carbocycles. The van der Waals surface area contributed by atoms with Gasteiger partial charge in [0.1, 0.15) is 5.75 Å². The zero-order valence-electron chi connectivity index (χ0n) is 62.8. The number of nitriles is 4. The summed E-state index contributed by atoms with van der Waals surface area (Å²) in [7, 11) is 1.69. The Bertz CT molecular complexity index is 6280. The molecule has 12 heterocycles. The normalized spacial score (nSPS) is 10.2. The Balaban J connectivity index is 0.000000184. The Hall–Kier alpha value is -15.0. The predicted molar refractivity (Wildman–Crippen MR) is 460 cm³/mol. The van der Waals surface area contributed by atoms with Gasteiger partial charge in [-0.3, -0.25) is 0 Å². The van der Waals surface area contributed by atoms with Crippen molar-refractivity contribution in [2.45, 2.75) is 42.0 Å². The van der Waals surface area contributed by atoms with Crippen molar-refractivity contribution in [3.8, 4) is 117 Å². The molecule has 0 saturated carbocycles. The second-order valence-electron chi connectivity index (χ2n) is 24.5. The number of carbonyl (C=O) groups excluding carboxylic acids is 8. The van der Waals surface area contributed by atoms with Crippen molar-refractivity contribution >= 4 is 116 Å². The first kappa shape index (κ1) is 86.6. The van der Waals surface area contributed by atoms with E-state index in [2.05, 4.69) is 308 Å². The van der Waals surface area contributed by atoms with E-state index in [9.17, 15) is 0 Å². The Morgan fingerprint density at radius 2 is 0.552 bits per heavy atom. The molecule has 0 unspecified atom stereocenters. The Morgan fingerprint density at radius 3 is 0.819 bits per heavy atom. The van der Waals surface area contributed by atoms with Crippen LogP contribution in [-0.2, 0) is 38.4 Å². The van der Waals surface area contributed by atoms with E-state index in [1.54, 1.807) is 52.5 Å². The number of aromatic nitrogens is 4. The lowest BCUT2D eigenvalue weighted by Crippen LogP contribution is -1.89. The molecule has 0 atom stereocenters. The van der Waals surface area contributed by atoms with Crippen LogP contribution in [0.1, 0.15) is 54.8 Å². The largest absolute Gasteiger partial charge is 0.497 e. The van der Waals surface area contributed by atoms with Gasteiger partial charge in [-0.15, -0.1) is 45.3 Å². The number of benzene rings is 4. The molecule has 0 aliphatic heterocycles. The molecule has 0 saturated heterocycles. The van der Waals surface area contributed by atoms with Gasteiger partial charge in [0, 0.05) is 113 Å². The van der Waals surface area contributed by atoms with Gasteiger partial charge < -0.3 is 22.3 Å². The maximum absolute atomic E-state index is 8.79. The van der Waals surface area contributed by atoms with Crippen molar-refractivity contribution in [2.75, 3.05) is 7.11 Å². The minimum Gasteiger partial charge on any atom is -0.497 e. The van der Waals surface area contributed by atoms with E-state index in [1.165, 1.54) is 150 Å². The maximum atomic E-state index is 8.79. The number of allylic oxidation sites excluding steroid dienone is 4. The summed E-state index contributed by atoms with van der Waals surface area (Å²) in [6, 6.07) is 88.3. The van der Waals surface area contributed by atoms with E-state index in [0.717, 1.165) is 36.5 Å². The summed E-state index contributed by atoms with van der Waals surface area (Å²) in [4.78, 5) is 74.1. The number of hydrogen-bond donors (Lipinski definition) is 0. The molecule has 17 nitrogen and oxygen atoms in total. The van der Waals surface area contributed by atoms with E-state index in [0.29, 0.717) is 0 Å². The molecule has 0 spiro atoms. The molecule has 16 rings (SSSR count). The second-order valence-corrected chi connectivity index (χ2v) is 29.0. The fourth-order valence-electron chi connectivity index (χ4n) is 13.3. The van der Waals surface area contributed by atoms with Crippen LogP contribution in [0.3, 0.4) is 0 Å². The fourth-order valence-corrected chi connectivity index (χ4v) is 17.1. The van der Waals surface area contributed by atoms with Crippen molar-refractivity contribution in [2.24, 2.45) is 0 Å². The monoisotopic (exact) mass is 1600 g/mol. The molecule has 116 heavy (non-hydrogen) atoms. The quantitative estimate of drug-likeness (QED) is 0.0974. The minimum absolute atomic E-state index is 0. The zero-order chi connectivity index (χ0) is 82.2. The van der Waals surface area contributed by atoms with Crippen LogP contribution in [0.2, 0.25) is 0 Å². The molecule has 570 valence electrons. The molecule has 12 aromatic heterocycles. The molecule has 4 aromatic carbocycles. The Morgan fingerprint density at radius 1 is 0.302 bits per heavy atom. The van der Waals surface area contributed by atoms with Crippen molar-refractivity contribution in [3.05, 3.63) is 327 Å². The first-order chi connectivity index (χ1) is 56.2. The van der Waals surface area contributed by atoms with Crippen LogP contribution in [0.5, 0.6) is 5.75 Å². The van der Waals surface area contributed by atoms with Crippen LogP contribution in [0.25, 0.3) is 133 Å². The lowest BCUT2D eigenvalue weighted by Gasteiger charge is -2.06. The highest BCUT2D eigenvalue weighted by atomic mass is 32.1. The topological polar surface area (TPSA) is 259 Å². The summed E-state index contributed by atoms with van der Waals surface area (Å²) < 4.78 is 14.5. The first-order valence-electron chi connectivity index (χ1n) is 35.0. The molecule has 0 aliphatic rings. The Kier molecular flexibility index (Phi) is 32.5. The first-order valence-corrected chi connectivity index (χ1v) is 38.3. The van der Waals surface area contributed by atoms with Crippen molar-refractivity contribution in [1.29, 1.82) is 21.0 Å².